The van der Waals surface area contributed by atoms with Crippen LogP contribution in [0.5, 0.6) is 0 Å². The van der Waals surface area contributed by atoms with E-state index in [0.29, 0.717) is 0 Å². The number of aryl methyl sites for hydroxylation is 1. The van der Waals surface area contributed by atoms with Crippen molar-refractivity contribution >= 4 is 0 Å². The lowest BCUT2D eigenvalue weighted by Crippen LogP contribution is -2.31. The van der Waals surface area contributed by atoms with E-state index in [1.807, 2.05) is 12.3 Å². The van der Waals surface area contributed by atoms with Gasteiger partial charge >= 0.3 is 0 Å². The van der Waals surface area contributed by atoms with Gasteiger partial charge < -0.3 is 14.8 Å². The van der Waals surface area contributed by atoms with E-state index in [1.54, 1.807) is 17.7 Å². The first kappa shape index (κ1) is 13.9. The Kier molecular flexibility index (Phi) is 5.94. The number of nitrogens with zero attached hydrogens (tertiary/aromatic N) is 2. The molecule has 1 aromatic rings. The van der Waals surface area contributed by atoms with Crippen molar-refractivity contribution in [1.29, 1.82) is 0 Å². The van der Waals surface area contributed by atoms with Crippen molar-refractivity contribution in [2.75, 3.05) is 26.2 Å². The van der Waals surface area contributed by atoms with Crippen LogP contribution in [-0.4, -0.2) is 35.6 Å². The van der Waals surface area contributed by atoms with Crippen molar-refractivity contribution in [2.45, 2.75) is 20.4 Å². The molecule has 0 fully saturated rings. The first-order valence-electron chi connectivity index (χ1n) is 6.26. The van der Waals surface area contributed by atoms with Gasteiger partial charge in [0.15, 0.2) is 0 Å². The van der Waals surface area contributed by atoms with Crippen molar-refractivity contribution in [3.05, 3.63) is 34.2 Å². The van der Waals surface area contributed by atoms with Crippen molar-refractivity contribution in [2.24, 2.45) is 7.05 Å². The Morgan fingerprint density at radius 3 is 2.65 bits per heavy atom. The lowest BCUT2D eigenvalue weighted by atomic mass is 10.2. The van der Waals surface area contributed by atoms with Crippen molar-refractivity contribution < 1.29 is 0 Å². The third-order valence-electron chi connectivity index (χ3n) is 3.00. The summed E-state index contributed by atoms with van der Waals surface area (Å²) in [5, 5.41) is 3.36. The summed E-state index contributed by atoms with van der Waals surface area (Å²) in [4.78, 5) is 13.8. The number of likely N-dealkylation sites (N-methyl/N-ethyl adjacent to an activating group) is 1. The van der Waals surface area contributed by atoms with Crippen molar-refractivity contribution in [1.82, 2.24) is 14.8 Å². The quantitative estimate of drug-likeness (QED) is 0.713. The minimum Gasteiger partial charge on any atom is -0.319 e. The van der Waals surface area contributed by atoms with E-state index >= 15 is 0 Å². The van der Waals surface area contributed by atoms with Crippen LogP contribution in [-0.2, 0) is 13.6 Å². The van der Waals surface area contributed by atoms with Gasteiger partial charge in [0.2, 0.25) is 0 Å². The van der Waals surface area contributed by atoms with Gasteiger partial charge in [-0.05, 0) is 24.7 Å². The van der Waals surface area contributed by atoms with Gasteiger partial charge in [-0.15, -0.1) is 0 Å². The normalized spacial score (nSPS) is 11.1. The summed E-state index contributed by atoms with van der Waals surface area (Å²) in [5.41, 5.74) is 1.10. The van der Waals surface area contributed by atoms with E-state index in [0.717, 1.165) is 38.3 Å². The summed E-state index contributed by atoms with van der Waals surface area (Å²) in [6.07, 6.45) is 1.81. The highest BCUT2D eigenvalue weighted by atomic mass is 16.1. The molecule has 0 unspecified atom stereocenters. The molecule has 0 atom stereocenters. The molecule has 17 heavy (non-hydrogen) atoms. The zero-order chi connectivity index (χ0) is 12.7. The zero-order valence-corrected chi connectivity index (χ0v) is 11.1. The number of nitrogens with one attached hydrogen (secondary N) is 1. The van der Waals surface area contributed by atoms with Crippen LogP contribution in [0.4, 0.5) is 0 Å². The molecule has 1 heterocycles. The Labute approximate surface area is 103 Å². The molecule has 0 saturated carbocycles. The van der Waals surface area contributed by atoms with Crippen LogP contribution in [0.1, 0.15) is 19.4 Å². The Bertz CT molecular complexity index is 382. The number of hydrogen-bond donors (Lipinski definition) is 1. The predicted molar refractivity (Wildman–Crippen MR) is 71.2 cm³/mol. The summed E-state index contributed by atoms with van der Waals surface area (Å²) < 4.78 is 1.58. The number of aromatic nitrogens is 1. The molecule has 0 aliphatic heterocycles. The smallest absolute Gasteiger partial charge is 0.250 e. The summed E-state index contributed by atoms with van der Waals surface area (Å²) >= 11 is 0. The second-order valence-corrected chi connectivity index (χ2v) is 4.19. The average molecular weight is 237 g/mol. The first-order chi connectivity index (χ1) is 8.17. The molecule has 0 bridgehead atoms. The van der Waals surface area contributed by atoms with Gasteiger partial charge in [0.1, 0.15) is 0 Å². The van der Waals surface area contributed by atoms with Crippen LogP contribution in [0, 0.1) is 0 Å². The SMILES string of the molecule is CCN(CC)CCNCc1ccn(C)c(=O)c1. The highest BCUT2D eigenvalue weighted by Gasteiger charge is 1.99. The van der Waals surface area contributed by atoms with Gasteiger partial charge in [-0.3, -0.25) is 4.79 Å². The van der Waals surface area contributed by atoms with Crippen molar-refractivity contribution in [3.63, 3.8) is 0 Å². The molecule has 0 amide bonds. The summed E-state index contributed by atoms with van der Waals surface area (Å²) in [5.74, 6) is 0. The molecular weight excluding hydrogens is 214 g/mol. The molecule has 1 rings (SSSR count). The third-order valence-corrected chi connectivity index (χ3v) is 3.00. The molecule has 0 aromatic carbocycles. The summed E-state index contributed by atoms with van der Waals surface area (Å²) in [7, 11) is 1.76. The molecule has 0 aliphatic rings. The topological polar surface area (TPSA) is 37.3 Å². The van der Waals surface area contributed by atoms with Crippen LogP contribution in [0.2, 0.25) is 0 Å². The van der Waals surface area contributed by atoms with E-state index in [2.05, 4.69) is 24.1 Å². The Hall–Kier alpha value is -1.13. The van der Waals surface area contributed by atoms with Crippen LogP contribution < -0.4 is 10.9 Å². The van der Waals surface area contributed by atoms with Crippen LogP contribution >= 0.6 is 0 Å². The zero-order valence-electron chi connectivity index (χ0n) is 11.1. The summed E-state index contributed by atoms with van der Waals surface area (Å²) in [6.45, 7) is 9.29. The molecule has 0 saturated heterocycles. The molecule has 4 heteroatoms. The van der Waals surface area contributed by atoms with E-state index in [9.17, 15) is 4.79 Å². The summed E-state index contributed by atoms with van der Waals surface area (Å²) in [6, 6.07) is 3.66. The Balaban J connectivity index is 2.31. The van der Waals surface area contributed by atoms with Gasteiger partial charge in [0, 0.05) is 38.9 Å². The second kappa shape index (κ2) is 7.25. The minimum atomic E-state index is 0.0491. The molecular formula is C13H23N3O. The van der Waals surface area contributed by atoms with Crippen LogP contribution in [0.25, 0.3) is 0 Å². The van der Waals surface area contributed by atoms with Gasteiger partial charge in [-0.2, -0.15) is 0 Å². The van der Waals surface area contributed by atoms with Gasteiger partial charge in [0.25, 0.3) is 5.56 Å². The molecule has 0 spiro atoms. The largest absolute Gasteiger partial charge is 0.319 e. The van der Waals surface area contributed by atoms with Gasteiger partial charge in [0.05, 0.1) is 0 Å². The number of rotatable bonds is 7. The molecule has 0 aliphatic carbocycles. The Morgan fingerprint density at radius 1 is 1.35 bits per heavy atom. The molecule has 1 aromatic heterocycles. The lowest BCUT2D eigenvalue weighted by molar-refractivity contribution is 0.302. The van der Waals surface area contributed by atoms with Crippen LogP contribution in [0.15, 0.2) is 23.1 Å². The maximum Gasteiger partial charge on any atom is 0.250 e. The first-order valence-corrected chi connectivity index (χ1v) is 6.26. The predicted octanol–water partition coefficient (Wildman–Crippen LogP) is 0.817. The van der Waals surface area contributed by atoms with Crippen LogP contribution in [0.3, 0.4) is 0 Å². The average Bonchev–Trinajstić information content (AvgIpc) is 2.34. The molecule has 96 valence electrons. The standard InChI is InChI=1S/C13H23N3O/c1-4-16(5-2)9-7-14-11-12-6-8-15(3)13(17)10-12/h6,8,10,14H,4-5,7,9,11H2,1-3H3. The number of hydrogen-bond acceptors (Lipinski definition) is 3. The van der Waals surface area contributed by atoms with E-state index in [1.165, 1.54) is 0 Å². The molecule has 1 N–H and O–H groups in total. The maximum atomic E-state index is 11.4. The fourth-order valence-electron chi connectivity index (χ4n) is 1.71. The van der Waals surface area contributed by atoms with Gasteiger partial charge in [-0.1, -0.05) is 13.8 Å². The molecule has 0 radical (unpaired) electrons. The maximum absolute atomic E-state index is 11.4. The highest BCUT2D eigenvalue weighted by Crippen LogP contribution is 1.93. The minimum absolute atomic E-state index is 0.0491. The van der Waals surface area contributed by atoms with E-state index < -0.39 is 0 Å². The molecule has 4 nitrogen and oxygen atoms in total. The van der Waals surface area contributed by atoms with Crippen molar-refractivity contribution in [3.8, 4) is 0 Å². The second-order valence-electron chi connectivity index (χ2n) is 4.19. The van der Waals surface area contributed by atoms with E-state index in [4.69, 9.17) is 0 Å². The monoisotopic (exact) mass is 237 g/mol. The third kappa shape index (κ3) is 4.71. The van der Waals surface area contributed by atoms with Gasteiger partial charge in [-0.25, -0.2) is 0 Å². The number of pyridine rings is 1. The fourth-order valence-corrected chi connectivity index (χ4v) is 1.71. The fraction of sp³-hybridized carbons (Fsp3) is 0.615. The highest BCUT2D eigenvalue weighted by molar-refractivity contribution is 5.10. The Morgan fingerprint density at radius 2 is 2.06 bits per heavy atom. The lowest BCUT2D eigenvalue weighted by Gasteiger charge is -2.17. The van der Waals surface area contributed by atoms with E-state index in [-0.39, 0.29) is 5.56 Å².